The molecular weight excluding hydrogens is 116 g/mol. The molecule has 9 heavy (non-hydrogen) atoms. The molecule has 3 nitrogen and oxygen atoms in total. The van der Waals surface area contributed by atoms with Gasteiger partial charge >= 0.3 is 0 Å². The molecule has 0 bridgehead atoms. The van der Waals surface area contributed by atoms with Crippen molar-refractivity contribution in [2.45, 2.75) is 25.3 Å². The van der Waals surface area contributed by atoms with Gasteiger partial charge in [-0.3, -0.25) is 5.32 Å². The Morgan fingerprint density at radius 3 is 3.11 bits per heavy atom. The molecule has 2 heterocycles. The van der Waals surface area contributed by atoms with Crippen LogP contribution in [0.4, 0.5) is 0 Å². The summed E-state index contributed by atoms with van der Waals surface area (Å²) in [6.45, 7) is 4.13. The van der Waals surface area contributed by atoms with Crippen LogP contribution in [0.25, 0.3) is 0 Å². The van der Waals surface area contributed by atoms with Gasteiger partial charge in [-0.2, -0.15) is 0 Å². The van der Waals surface area contributed by atoms with E-state index < -0.39 is 0 Å². The molecule has 0 unspecified atom stereocenters. The van der Waals surface area contributed by atoms with Gasteiger partial charge in [0.25, 0.3) is 0 Å². The lowest BCUT2D eigenvalue weighted by Crippen LogP contribution is -2.32. The summed E-state index contributed by atoms with van der Waals surface area (Å²) in [5.74, 6) is 0. The van der Waals surface area contributed by atoms with Crippen molar-refractivity contribution in [3.63, 3.8) is 0 Å². The summed E-state index contributed by atoms with van der Waals surface area (Å²) in [7, 11) is 0. The summed E-state index contributed by atoms with van der Waals surface area (Å²) in [6, 6.07) is 0.569. The Kier molecular flexibility index (Phi) is 1.22. The van der Waals surface area contributed by atoms with Gasteiger partial charge < -0.3 is 10.1 Å². The van der Waals surface area contributed by atoms with Gasteiger partial charge in [-0.15, -0.1) is 0 Å². The van der Waals surface area contributed by atoms with Gasteiger partial charge in [0, 0.05) is 19.1 Å². The summed E-state index contributed by atoms with van der Waals surface area (Å²) in [5.41, 5.74) is 0. The third kappa shape index (κ3) is 0.852. The minimum absolute atomic E-state index is 0.266. The first-order chi connectivity index (χ1) is 4.36. The van der Waals surface area contributed by atoms with Crippen LogP contribution in [0.2, 0.25) is 0 Å². The second-order valence-electron chi connectivity index (χ2n) is 2.75. The first-order valence-corrected chi connectivity index (χ1v) is 3.48. The predicted molar refractivity (Wildman–Crippen MR) is 34.1 cm³/mol. The van der Waals surface area contributed by atoms with Crippen molar-refractivity contribution < 1.29 is 4.74 Å². The molecular formula is C6H12N2O. The molecule has 2 fully saturated rings. The van der Waals surface area contributed by atoms with Crippen LogP contribution in [0.3, 0.4) is 0 Å². The fraction of sp³-hybridized carbons (Fsp3) is 1.00. The smallest absolute Gasteiger partial charge is 0.106 e. The predicted octanol–water partition coefficient (Wildman–Crippen LogP) is -0.707. The Hall–Kier alpha value is -0.120. The average molecular weight is 128 g/mol. The molecule has 0 saturated carbocycles. The summed E-state index contributed by atoms with van der Waals surface area (Å²) < 4.78 is 5.51. The lowest BCUT2D eigenvalue weighted by Gasteiger charge is -2.04. The molecule has 2 saturated heterocycles. The minimum Gasteiger partial charge on any atom is -0.357 e. The summed E-state index contributed by atoms with van der Waals surface area (Å²) in [5, 5.41) is 6.59. The van der Waals surface area contributed by atoms with Gasteiger partial charge in [-0.1, -0.05) is 0 Å². The van der Waals surface area contributed by atoms with Gasteiger partial charge in [0.15, 0.2) is 0 Å². The van der Waals surface area contributed by atoms with E-state index in [1.807, 2.05) is 0 Å². The highest BCUT2D eigenvalue weighted by atomic mass is 16.5. The van der Waals surface area contributed by atoms with Crippen molar-refractivity contribution in [1.29, 1.82) is 0 Å². The molecule has 0 spiro atoms. The van der Waals surface area contributed by atoms with E-state index in [0.717, 1.165) is 13.1 Å². The largest absolute Gasteiger partial charge is 0.357 e. The van der Waals surface area contributed by atoms with E-state index in [4.69, 9.17) is 4.74 Å². The first-order valence-electron chi connectivity index (χ1n) is 3.48. The number of nitrogens with one attached hydrogen (secondary N) is 2. The first kappa shape index (κ1) is 5.65. The molecule has 0 amide bonds. The van der Waals surface area contributed by atoms with Crippen LogP contribution < -0.4 is 10.6 Å². The summed E-state index contributed by atoms with van der Waals surface area (Å²) in [6.07, 6.45) is 0.696. The Labute approximate surface area is 54.8 Å². The molecule has 0 aromatic heterocycles. The lowest BCUT2D eigenvalue weighted by atomic mass is 10.2. The van der Waals surface area contributed by atoms with E-state index in [-0.39, 0.29) is 6.23 Å². The molecule has 2 N–H and O–H groups in total. The van der Waals surface area contributed by atoms with Gasteiger partial charge in [0.1, 0.15) is 6.23 Å². The molecule has 2 rings (SSSR count). The van der Waals surface area contributed by atoms with Crippen LogP contribution in [0.5, 0.6) is 0 Å². The maximum absolute atomic E-state index is 5.51. The van der Waals surface area contributed by atoms with E-state index in [0.29, 0.717) is 12.1 Å². The topological polar surface area (TPSA) is 33.3 Å². The van der Waals surface area contributed by atoms with E-state index in [2.05, 4.69) is 17.6 Å². The van der Waals surface area contributed by atoms with Crippen molar-refractivity contribution in [2.75, 3.05) is 13.1 Å². The monoisotopic (exact) mass is 128 g/mol. The second-order valence-corrected chi connectivity index (χ2v) is 2.75. The van der Waals surface area contributed by atoms with Gasteiger partial charge in [-0.25, -0.2) is 0 Å². The van der Waals surface area contributed by atoms with E-state index in [9.17, 15) is 0 Å². The van der Waals surface area contributed by atoms with Gasteiger partial charge in [-0.05, 0) is 6.92 Å². The summed E-state index contributed by atoms with van der Waals surface area (Å²) in [4.78, 5) is 0. The highest BCUT2D eigenvalue weighted by Crippen LogP contribution is 2.14. The van der Waals surface area contributed by atoms with Crippen molar-refractivity contribution in [1.82, 2.24) is 10.6 Å². The van der Waals surface area contributed by atoms with Crippen LogP contribution in [-0.2, 0) is 4.74 Å². The van der Waals surface area contributed by atoms with Gasteiger partial charge in [0.05, 0.1) is 6.10 Å². The van der Waals surface area contributed by atoms with Crippen molar-refractivity contribution in [3.05, 3.63) is 0 Å². The minimum atomic E-state index is 0.266. The van der Waals surface area contributed by atoms with Crippen LogP contribution >= 0.6 is 0 Å². The highest BCUT2D eigenvalue weighted by molar-refractivity contribution is 4.92. The van der Waals surface area contributed by atoms with Crippen LogP contribution in [-0.4, -0.2) is 31.5 Å². The fourth-order valence-electron chi connectivity index (χ4n) is 1.57. The third-order valence-electron chi connectivity index (χ3n) is 1.99. The van der Waals surface area contributed by atoms with Crippen LogP contribution in [0.15, 0.2) is 0 Å². The molecule has 3 atom stereocenters. The lowest BCUT2D eigenvalue weighted by molar-refractivity contribution is 0.0575. The van der Waals surface area contributed by atoms with E-state index >= 15 is 0 Å². The zero-order valence-corrected chi connectivity index (χ0v) is 5.55. The standard InChI is InChI=1S/C6H12N2O/c1-4-8-5-2-7-3-6(5)9-4/h4-8H,2-3H2,1H3/t4-,5+,6-/m0/s1. The molecule has 2 aliphatic rings. The molecule has 0 aliphatic carbocycles. The molecule has 0 radical (unpaired) electrons. The van der Waals surface area contributed by atoms with Crippen molar-refractivity contribution in [2.24, 2.45) is 0 Å². The molecule has 3 heteroatoms. The third-order valence-corrected chi connectivity index (χ3v) is 1.99. The van der Waals surface area contributed by atoms with Crippen LogP contribution in [0.1, 0.15) is 6.92 Å². The number of fused-ring (bicyclic) bond motifs is 1. The summed E-state index contributed by atoms with van der Waals surface area (Å²) >= 11 is 0. The quantitative estimate of drug-likeness (QED) is 0.452. The normalized spacial score (nSPS) is 49.7. The number of rotatable bonds is 0. The average Bonchev–Trinajstić information content (AvgIpc) is 2.22. The zero-order valence-electron chi connectivity index (χ0n) is 5.55. The number of hydrogen-bond donors (Lipinski definition) is 2. The Morgan fingerprint density at radius 1 is 1.44 bits per heavy atom. The Morgan fingerprint density at radius 2 is 2.33 bits per heavy atom. The van der Waals surface area contributed by atoms with Crippen molar-refractivity contribution >= 4 is 0 Å². The Bertz CT molecular complexity index is 106. The Balaban J connectivity index is 2.02. The highest BCUT2D eigenvalue weighted by Gasteiger charge is 2.35. The zero-order chi connectivity index (χ0) is 6.27. The SMILES string of the molecule is C[C@H]1N[C@@H]2CNC[C@@H]2O1. The van der Waals surface area contributed by atoms with Gasteiger partial charge in [0.2, 0.25) is 0 Å². The molecule has 0 aromatic carbocycles. The molecule has 2 aliphatic heterocycles. The fourth-order valence-corrected chi connectivity index (χ4v) is 1.57. The molecule has 52 valence electrons. The van der Waals surface area contributed by atoms with E-state index in [1.165, 1.54) is 0 Å². The number of ether oxygens (including phenoxy) is 1. The van der Waals surface area contributed by atoms with Crippen LogP contribution in [0, 0.1) is 0 Å². The maximum Gasteiger partial charge on any atom is 0.106 e. The second kappa shape index (κ2) is 1.94. The number of hydrogen-bond acceptors (Lipinski definition) is 3. The maximum atomic E-state index is 5.51. The van der Waals surface area contributed by atoms with E-state index in [1.54, 1.807) is 0 Å². The molecule has 0 aromatic rings. The van der Waals surface area contributed by atoms with Crippen molar-refractivity contribution in [3.8, 4) is 0 Å².